The van der Waals surface area contributed by atoms with Crippen LogP contribution in [0.4, 0.5) is 0 Å². The van der Waals surface area contributed by atoms with E-state index in [9.17, 15) is 0 Å². The highest BCUT2D eigenvalue weighted by atomic mass is 15.0. The third kappa shape index (κ3) is 1.90. The van der Waals surface area contributed by atoms with Crippen molar-refractivity contribution in [2.45, 2.75) is 50.6 Å². The van der Waals surface area contributed by atoms with Crippen molar-refractivity contribution >= 4 is 0 Å². The number of rotatable bonds is 0. The Morgan fingerprint density at radius 2 is 1.60 bits per heavy atom. The minimum Gasteiger partial charge on any atom is -0.310 e. The summed E-state index contributed by atoms with van der Waals surface area (Å²) in [7, 11) is 0. The van der Waals surface area contributed by atoms with E-state index < -0.39 is 0 Å². The Balaban J connectivity index is 1.78. The van der Waals surface area contributed by atoms with Gasteiger partial charge in [0.15, 0.2) is 0 Å². The highest BCUT2D eigenvalue weighted by molar-refractivity contribution is 5.11. The molecule has 1 saturated carbocycles. The lowest BCUT2D eigenvalue weighted by Gasteiger charge is -2.33. The normalized spacial score (nSPS) is 44.3. The van der Waals surface area contributed by atoms with Crippen LogP contribution >= 0.6 is 0 Å². The molecular formula is C14H21N. The van der Waals surface area contributed by atoms with Gasteiger partial charge in [0.25, 0.3) is 0 Å². The fourth-order valence-corrected chi connectivity index (χ4v) is 3.40. The third-order valence-electron chi connectivity index (χ3n) is 4.33. The highest BCUT2D eigenvalue weighted by Gasteiger charge is 2.31. The predicted molar refractivity (Wildman–Crippen MR) is 63.7 cm³/mol. The van der Waals surface area contributed by atoms with Crippen molar-refractivity contribution in [2.75, 3.05) is 0 Å². The average Bonchev–Trinajstić information content (AvgIpc) is 2.48. The Kier molecular flexibility index (Phi) is 2.66. The van der Waals surface area contributed by atoms with Crippen molar-refractivity contribution < 1.29 is 0 Å². The van der Waals surface area contributed by atoms with Gasteiger partial charge in [0.2, 0.25) is 0 Å². The fourth-order valence-electron chi connectivity index (χ4n) is 3.40. The second kappa shape index (κ2) is 4.13. The largest absolute Gasteiger partial charge is 0.310 e. The summed E-state index contributed by atoms with van der Waals surface area (Å²) in [6.07, 6.45) is 17.8. The average molecular weight is 203 g/mol. The Hall–Kier alpha value is -0.560. The molecule has 0 aromatic heterocycles. The summed E-state index contributed by atoms with van der Waals surface area (Å²) in [4.78, 5) is 0. The molecule has 0 spiro atoms. The summed E-state index contributed by atoms with van der Waals surface area (Å²) in [6, 6.07) is 1.50. The van der Waals surface area contributed by atoms with Crippen LogP contribution in [0, 0.1) is 11.8 Å². The van der Waals surface area contributed by atoms with Gasteiger partial charge in [-0.05, 0) is 37.5 Å². The van der Waals surface area contributed by atoms with E-state index in [2.05, 4.69) is 29.6 Å². The summed E-state index contributed by atoms with van der Waals surface area (Å²) in [5.41, 5.74) is 0. The molecule has 1 fully saturated rings. The zero-order chi connectivity index (χ0) is 10.1. The monoisotopic (exact) mass is 203 g/mol. The van der Waals surface area contributed by atoms with Crippen LogP contribution in [-0.2, 0) is 0 Å². The Bertz CT molecular complexity index is 279. The molecule has 1 aliphatic heterocycles. The maximum atomic E-state index is 3.91. The molecule has 0 radical (unpaired) electrons. The van der Waals surface area contributed by atoms with E-state index in [1.54, 1.807) is 0 Å². The first kappa shape index (κ1) is 9.65. The zero-order valence-electron chi connectivity index (χ0n) is 9.36. The van der Waals surface area contributed by atoms with Crippen LogP contribution < -0.4 is 5.32 Å². The molecule has 3 aliphatic rings. The molecule has 4 unspecified atom stereocenters. The van der Waals surface area contributed by atoms with Gasteiger partial charge in [-0.2, -0.15) is 0 Å². The molecule has 3 rings (SSSR count). The van der Waals surface area contributed by atoms with Gasteiger partial charge in [0, 0.05) is 12.1 Å². The molecule has 1 N–H and O–H groups in total. The van der Waals surface area contributed by atoms with E-state index in [4.69, 9.17) is 0 Å². The van der Waals surface area contributed by atoms with Crippen LogP contribution in [-0.4, -0.2) is 12.1 Å². The molecule has 0 saturated heterocycles. The molecule has 2 aliphatic carbocycles. The molecule has 1 heterocycles. The summed E-state index contributed by atoms with van der Waals surface area (Å²) >= 11 is 0. The van der Waals surface area contributed by atoms with E-state index in [1.807, 2.05) is 0 Å². The van der Waals surface area contributed by atoms with E-state index >= 15 is 0 Å². The molecule has 0 aromatic rings. The van der Waals surface area contributed by atoms with Gasteiger partial charge >= 0.3 is 0 Å². The van der Waals surface area contributed by atoms with E-state index in [0.29, 0.717) is 0 Å². The Labute approximate surface area is 92.6 Å². The summed E-state index contributed by atoms with van der Waals surface area (Å²) < 4.78 is 0. The maximum Gasteiger partial charge on any atom is 0.0170 e. The van der Waals surface area contributed by atoms with Crippen LogP contribution in [0.1, 0.15) is 38.5 Å². The van der Waals surface area contributed by atoms with Crippen LogP contribution in [0.2, 0.25) is 0 Å². The van der Waals surface area contributed by atoms with Crippen molar-refractivity contribution in [2.24, 2.45) is 11.8 Å². The molecule has 4 atom stereocenters. The summed E-state index contributed by atoms with van der Waals surface area (Å²) in [6.45, 7) is 0. The number of nitrogens with one attached hydrogen (secondary N) is 1. The van der Waals surface area contributed by atoms with Gasteiger partial charge in [-0.1, -0.05) is 37.1 Å². The van der Waals surface area contributed by atoms with Gasteiger partial charge in [0.05, 0.1) is 0 Å². The van der Waals surface area contributed by atoms with Crippen molar-refractivity contribution in [3.8, 4) is 0 Å². The molecule has 1 nitrogen and oxygen atoms in total. The number of hydrogen-bond donors (Lipinski definition) is 1. The number of fused-ring (bicyclic) bond motifs is 2. The SMILES string of the molecule is C1=CCC2NC3CCCCC3C=CC2C1. The minimum atomic E-state index is 0.722. The van der Waals surface area contributed by atoms with Crippen LogP contribution in [0.25, 0.3) is 0 Å². The first-order valence-electron chi connectivity index (χ1n) is 6.53. The molecular weight excluding hydrogens is 182 g/mol. The van der Waals surface area contributed by atoms with Gasteiger partial charge in [-0.15, -0.1) is 0 Å². The lowest BCUT2D eigenvalue weighted by atomic mass is 9.84. The van der Waals surface area contributed by atoms with Crippen LogP contribution in [0.15, 0.2) is 24.3 Å². The molecule has 82 valence electrons. The quantitative estimate of drug-likeness (QED) is 0.597. The van der Waals surface area contributed by atoms with Crippen molar-refractivity contribution in [1.82, 2.24) is 5.32 Å². The standard InChI is InChI=1S/C14H21N/c1-3-7-13-11(5-1)9-10-12-6-2-4-8-14(12)15-13/h1,3,9-15H,2,4-8H2. The van der Waals surface area contributed by atoms with Crippen LogP contribution in [0.3, 0.4) is 0 Å². The van der Waals surface area contributed by atoms with Gasteiger partial charge in [-0.25, -0.2) is 0 Å². The third-order valence-corrected chi connectivity index (χ3v) is 4.33. The number of hydrogen-bond acceptors (Lipinski definition) is 1. The van der Waals surface area contributed by atoms with E-state index in [0.717, 1.165) is 23.9 Å². The summed E-state index contributed by atoms with van der Waals surface area (Å²) in [5.74, 6) is 1.59. The minimum absolute atomic E-state index is 0.722. The van der Waals surface area contributed by atoms with Gasteiger partial charge < -0.3 is 5.32 Å². The van der Waals surface area contributed by atoms with Gasteiger partial charge in [0.1, 0.15) is 0 Å². The first-order chi connectivity index (χ1) is 7.43. The molecule has 1 heteroatoms. The molecule has 0 bridgehead atoms. The van der Waals surface area contributed by atoms with Crippen LogP contribution in [0.5, 0.6) is 0 Å². The molecule has 0 aromatic carbocycles. The van der Waals surface area contributed by atoms with E-state index in [1.165, 1.54) is 38.5 Å². The second-order valence-corrected chi connectivity index (χ2v) is 5.32. The lowest BCUT2D eigenvalue weighted by molar-refractivity contribution is 0.268. The zero-order valence-corrected chi connectivity index (χ0v) is 9.36. The summed E-state index contributed by atoms with van der Waals surface area (Å²) in [5, 5.41) is 3.91. The second-order valence-electron chi connectivity index (χ2n) is 5.32. The topological polar surface area (TPSA) is 12.0 Å². The lowest BCUT2D eigenvalue weighted by Crippen LogP contribution is -2.45. The Morgan fingerprint density at radius 1 is 0.800 bits per heavy atom. The number of allylic oxidation sites excluding steroid dienone is 1. The Morgan fingerprint density at radius 3 is 2.60 bits per heavy atom. The predicted octanol–water partition coefficient (Wildman–Crippen LogP) is 3.04. The van der Waals surface area contributed by atoms with E-state index in [-0.39, 0.29) is 0 Å². The van der Waals surface area contributed by atoms with Crippen molar-refractivity contribution in [3.05, 3.63) is 24.3 Å². The molecule has 0 amide bonds. The highest BCUT2D eigenvalue weighted by Crippen LogP contribution is 2.32. The fraction of sp³-hybridized carbons (Fsp3) is 0.714. The molecule has 15 heavy (non-hydrogen) atoms. The smallest absolute Gasteiger partial charge is 0.0170 e. The van der Waals surface area contributed by atoms with Crippen molar-refractivity contribution in [1.29, 1.82) is 0 Å². The van der Waals surface area contributed by atoms with Crippen molar-refractivity contribution in [3.63, 3.8) is 0 Å². The first-order valence-corrected chi connectivity index (χ1v) is 6.53. The van der Waals surface area contributed by atoms with Gasteiger partial charge in [-0.3, -0.25) is 0 Å². The maximum absolute atomic E-state index is 3.91.